The number of fused-ring (bicyclic) bond motifs is 6. The number of allylic oxidation sites excluding steroid dienone is 5. The van der Waals surface area contributed by atoms with Crippen molar-refractivity contribution in [3.8, 4) is 22.4 Å². The van der Waals surface area contributed by atoms with Crippen molar-refractivity contribution in [1.29, 1.82) is 0 Å². The van der Waals surface area contributed by atoms with Gasteiger partial charge in [-0.2, -0.15) is 24.1 Å². The number of carbonyl (C=O) groups is 1. The smallest absolute Gasteiger partial charge is 0.406 e. The molecule has 0 atom stereocenters. The standard InChI is InChI=1S/C33H30F6N6O6S/c1-31(2,16-47)41-30(48)32(35,36)29-28-27(43(3)42-29)21-10-7-18(19-11-23(34)22(15-46)26(13-19)52(4,49)50)12-24(21)44-25(14-40-45(28)44)17-5-8-20(9-6-17)51-33(37,38)39/h5,7-14,46-47H,6,15-16H2,1-4H3,(H,41,48). The first-order chi connectivity index (χ1) is 24.2. The Hall–Kier alpha value is -5.14. The van der Waals surface area contributed by atoms with Crippen LogP contribution in [-0.2, 0) is 38.9 Å². The van der Waals surface area contributed by atoms with E-state index in [1.54, 1.807) is 0 Å². The van der Waals surface area contributed by atoms with Gasteiger partial charge >= 0.3 is 12.3 Å². The minimum absolute atomic E-state index is 0.0728. The molecule has 1 aliphatic carbocycles. The number of rotatable bonds is 8. The third-order valence-corrected chi connectivity index (χ3v) is 9.58. The molecule has 6 rings (SSSR count). The fourth-order valence-corrected chi connectivity index (χ4v) is 6.90. The van der Waals surface area contributed by atoms with Crippen molar-refractivity contribution >= 4 is 33.3 Å². The van der Waals surface area contributed by atoms with Gasteiger partial charge in [0.05, 0.1) is 46.9 Å². The molecule has 1 amide bonds. The Morgan fingerprint density at radius 1 is 1.06 bits per heavy atom. The fourth-order valence-electron chi connectivity index (χ4n) is 5.95. The third-order valence-electron chi connectivity index (χ3n) is 8.42. The molecule has 52 heavy (non-hydrogen) atoms. The maximum Gasteiger partial charge on any atom is 0.573 e. The topological polar surface area (TPSA) is 150 Å². The number of alkyl halides is 5. The summed E-state index contributed by atoms with van der Waals surface area (Å²) in [5.41, 5.74) is -1.67. The summed E-state index contributed by atoms with van der Waals surface area (Å²) in [5.74, 6) is -7.51. The molecule has 3 aromatic rings. The number of halogens is 6. The zero-order valence-electron chi connectivity index (χ0n) is 27.8. The number of hydrogen-bond acceptors (Lipinski definition) is 10. The lowest BCUT2D eigenvalue weighted by Gasteiger charge is -2.37. The number of nitrogens with zero attached hydrogens (tertiary/aromatic N) is 5. The van der Waals surface area contributed by atoms with Gasteiger partial charge in [-0.25, -0.2) is 17.8 Å². The van der Waals surface area contributed by atoms with Gasteiger partial charge in [0.2, 0.25) is 0 Å². The summed E-state index contributed by atoms with van der Waals surface area (Å²) >= 11 is 0. The van der Waals surface area contributed by atoms with Crippen molar-refractivity contribution in [3.63, 3.8) is 0 Å². The van der Waals surface area contributed by atoms with E-state index < -0.39 is 74.5 Å². The Morgan fingerprint density at radius 2 is 1.77 bits per heavy atom. The van der Waals surface area contributed by atoms with E-state index in [0.717, 1.165) is 34.3 Å². The molecule has 12 nitrogen and oxygen atoms in total. The molecule has 0 unspecified atom stereocenters. The van der Waals surface area contributed by atoms with Crippen LogP contribution in [0.5, 0.6) is 0 Å². The van der Waals surface area contributed by atoms with Crippen LogP contribution in [0.15, 0.2) is 75.6 Å². The monoisotopic (exact) mass is 752 g/mol. The average molecular weight is 753 g/mol. The number of sulfone groups is 1. The highest BCUT2D eigenvalue weighted by Crippen LogP contribution is 2.52. The van der Waals surface area contributed by atoms with Crippen LogP contribution in [-0.4, -0.2) is 65.3 Å². The minimum atomic E-state index is -4.95. The van der Waals surface area contributed by atoms with Crippen molar-refractivity contribution < 1.29 is 54.5 Å². The molecule has 19 heteroatoms. The number of hydrogen-bond donors (Lipinski definition) is 3. The first-order valence-corrected chi connectivity index (χ1v) is 17.2. The molecule has 2 aliphatic heterocycles. The van der Waals surface area contributed by atoms with E-state index in [9.17, 15) is 36.6 Å². The van der Waals surface area contributed by atoms with E-state index in [4.69, 9.17) is 0 Å². The SMILES string of the molecule is Cn1nc(C(F)(F)C(=O)NC(C)(C)CO)c2c1-c1ccc(-c3cc(F)c(CO)c(S(C)(=O)=O)c3)cc1N1C(=C3C=CC(OC(F)(F)F)=CC3)C=NN21. The van der Waals surface area contributed by atoms with E-state index >= 15 is 13.2 Å². The predicted molar refractivity (Wildman–Crippen MR) is 176 cm³/mol. The molecule has 0 fully saturated rings. The minimum Gasteiger partial charge on any atom is -0.406 e. The summed E-state index contributed by atoms with van der Waals surface area (Å²) in [5, 5.41) is 32.1. The molecule has 0 bridgehead atoms. The van der Waals surface area contributed by atoms with Gasteiger partial charge in [0.1, 0.15) is 17.3 Å². The van der Waals surface area contributed by atoms with E-state index in [-0.39, 0.29) is 45.9 Å². The Balaban J connectivity index is 1.55. The number of amides is 1. The maximum atomic E-state index is 16.1. The first kappa shape index (κ1) is 36.6. The zero-order valence-corrected chi connectivity index (χ0v) is 28.6. The highest BCUT2D eigenvalue weighted by atomic mass is 32.2. The summed E-state index contributed by atoms with van der Waals surface area (Å²) in [6.45, 7) is 1.14. The second-order valence-electron chi connectivity index (χ2n) is 12.8. The number of benzene rings is 2. The molecular formula is C33H30F6N6O6S. The molecule has 1 aromatic heterocycles. The summed E-state index contributed by atoms with van der Waals surface area (Å²) < 4.78 is 116. The Kier molecular flexibility index (Phi) is 8.82. The average Bonchev–Trinajstić information content (AvgIpc) is 3.65. The third kappa shape index (κ3) is 6.43. The van der Waals surface area contributed by atoms with Gasteiger partial charge in [0.15, 0.2) is 15.5 Å². The van der Waals surface area contributed by atoms with Crippen molar-refractivity contribution in [3.05, 3.63) is 82.7 Å². The van der Waals surface area contributed by atoms with Crippen LogP contribution in [0.1, 0.15) is 31.5 Å². The van der Waals surface area contributed by atoms with E-state index in [1.165, 1.54) is 62.5 Å². The van der Waals surface area contributed by atoms with Crippen LogP contribution in [0.2, 0.25) is 0 Å². The number of nitrogens with one attached hydrogen (secondary N) is 1. The molecule has 0 radical (unpaired) electrons. The van der Waals surface area contributed by atoms with Gasteiger partial charge in [0.25, 0.3) is 5.91 Å². The lowest BCUT2D eigenvalue weighted by atomic mass is 9.96. The van der Waals surface area contributed by atoms with Crippen molar-refractivity contribution in [2.45, 2.75) is 49.6 Å². The maximum absolute atomic E-state index is 16.1. The number of aryl methyl sites for hydroxylation is 1. The fraction of sp³-hybridized carbons (Fsp3) is 0.303. The molecule has 0 saturated carbocycles. The number of carbonyl (C=O) groups excluding carboxylic acids is 1. The largest absolute Gasteiger partial charge is 0.573 e. The Morgan fingerprint density at radius 3 is 2.37 bits per heavy atom. The van der Waals surface area contributed by atoms with Crippen molar-refractivity contribution in [2.24, 2.45) is 12.1 Å². The van der Waals surface area contributed by atoms with E-state index in [1.807, 2.05) is 0 Å². The number of aliphatic hydroxyl groups is 2. The van der Waals surface area contributed by atoms with Crippen LogP contribution in [0.3, 0.4) is 0 Å². The lowest BCUT2D eigenvalue weighted by Crippen LogP contribution is -2.52. The molecule has 3 aliphatic rings. The number of hydrazine groups is 1. The molecule has 3 heterocycles. The van der Waals surface area contributed by atoms with E-state index in [0.29, 0.717) is 5.57 Å². The molecule has 0 spiro atoms. The van der Waals surface area contributed by atoms with Crippen molar-refractivity contribution in [2.75, 3.05) is 23.0 Å². The van der Waals surface area contributed by atoms with Crippen LogP contribution >= 0.6 is 0 Å². The van der Waals surface area contributed by atoms with Gasteiger partial charge in [-0.1, -0.05) is 12.1 Å². The number of aromatic nitrogens is 2. The van der Waals surface area contributed by atoms with Crippen LogP contribution < -0.4 is 15.4 Å². The highest BCUT2D eigenvalue weighted by Gasteiger charge is 2.52. The Labute approximate surface area is 292 Å². The molecular weight excluding hydrogens is 722 g/mol. The normalized spacial score (nSPS) is 17.2. The lowest BCUT2D eigenvalue weighted by molar-refractivity contribution is -0.303. The number of anilines is 2. The van der Waals surface area contributed by atoms with E-state index in [2.05, 4.69) is 20.3 Å². The van der Waals surface area contributed by atoms with Gasteiger partial charge in [-0.05, 0) is 73.4 Å². The second kappa shape index (κ2) is 12.5. The molecule has 0 saturated heterocycles. The van der Waals surface area contributed by atoms with Gasteiger partial charge in [-0.3, -0.25) is 9.48 Å². The quantitative estimate of drug-likeness (QED) is 0.272. The summed E-state index contributed by atoms with van der Waals surface area (Å²) in [7, 11) is -2.66. The second-order valence-corrected chi connectivity index (χ2v) is 14.8. The first-order valence-electron chi connectivity index (χ1n) is 15.3. The van der Waals surface area contributed by atoms with Crippen LogP contribution in [0.4, 0.5) is 37.7 Å². The van der Waals surface area contributed by atoms with Crippen molar-refractivity contribution in [1.82, 2.24) is 15.1 Å². The Bertz CT molecular complexity index is 2240. The highest BCUT2D eigenvalue weighted by molar-refractivity contribution is 7.90. The predicted octanol–water partition coefficient (Wildman–Crippen LogP) is 4.94. The van der Waals surface area contributed by atoms with Crippen LogP contribution in [0.25, 0.3) is 22.4 Å². The number of aliphatic hydroxyl groups excluding tert-OH is 2. The number of ether oxygens (including phenoxy) is 1. The van der Waals surface area contributed by atoms with Crippen LogP contribution in [0, 0.1) is 5.82 Å². The molecule has 3 N–H and O–H groups in total. The van der Waals surface area contributed by atoms with Gasteiger partial charge in [0, 0.05) is 24.4 Å². The van der Waals surface area contributed by atoms with Gasteiger partial charge < -0.3 is 20.3 Å². The summed E-state index contributed by atoms with van der Waals surface area (Å²) in [6, 6.07) is 6.68. The summed E-state index contributed by atoms with van der Waals surface area (Å²) in [6.07, 6.45) is 0.625. The molecule has 2 aromatic carbocycles. The summed E-state index contributed by atoms with van der Waals surface area (Å²) in [4.78, 5) is 12.5. The number of hydrazone groups is 1. The van der Waals surface area contributed by atoms with Gasteiger partial charge in [-0.15, -0.1) is 13.2 Å². The zero-order chi connectivity index (χ0) is 38.1. The molecule has 276 valence electrons.